The zero-order chi connectivity index (χ0) is 17.7. The van der Waals surface area contributed by atoms with Gasteiger partial charge in [0.15, 0.2) is 18.1 Å². The molecule has 1 fully saturated rings. The van der Waals surface area contributed by atoms with Gasteiger partial charge in [-0.15, -0.1) is 0 Å². The molecule has 2 atom stereocenters. The molecule has 0 bridgehead atoms. The third-order valence-electron chi connectivity index (χ3n) is 4.20. The number of amides is 1. The lowest BCUT2D eigenvalue weighted by molar-refractivity contribution is -0.147. The van der Waals surface area contributed by atoms with Crippen LogP contribution in [-0.4, -0.2) is 48.2 Å². The van der Waals surface area contributed by atoms with Gasteiger partial charge < -0.3 is 19.5 Å². The number of aliphatic carboxylic acids is 1. The van der Waals surface area contributed by atoms with E-state index < -0.39 is 11.9 Å². The van der Waals surface area contributed by atoms with Crippen LogP contribution >= 0.6 is 0 Å². The van der Waals surface area contributed by atoms with Crippen LogP contribution in [0.3, 0.4) is 0 Å². The number of hydrogen-bond acceptors (Lipinski definition) is 5. The topological polar surface area (TPSA) is 99.9 Å². The van der Waals surface area contributed by atoms with Crippen molar-refractivity contribution in [1.29, 1.82) is 5.26 Å². The lowest BCUT2D eigenvalue weighted by Crippen LogP contribution is -2.49. The molecule has 24 heavy (non-hydrogen) atoms. The highest BCUT2D eigenvalue weighted by atomic mass is 16.5. The quantitative estimate of drug-likeness (QED) is 0.880. The molecule has 1 aromatic carbocycles. The Balaban J connectivity index is 2.02. The first-order chi connectivity index (χ1) is 11.5. The maximum absolute atomic E-state index is 12.4. The molecule has 0 aromatic heterocycles. The molecule has 1 heterocycles. The van der Waals surface area contributed by atoms with E-state index in [9.17, 15) is 9.59 Å². The number of rotatable bonds is 5. The van der Waals surface area contributed by atoms with Gasteiger partial charge in [-0.1, -0.05) is 0 Å². The monoisotopic (exact) mass is 332 g/mol. The van der Waals surface area contributed by atoms with Gasteiger partial charge in [-0.3, -0.25) is 9.59 Å². The Morgan fingerprint density at radius 2 is 2.12 bits per heavy atom. The van der Waals surface area contributed by atoms with Crippen LogP contribution in [-0.2, 0) is 9.59 Å². The lowest BCUT2D eigenvalue weighted by atomic mass is 9.93. The number of benzene rings is 1. The molecule has 2 rings (SSSR count). The van der Waals surface area contributed by atoms with Crippen LogP contribution in [0.25, 0.3) is 0 Å². The highest BCUT2D eigenvalue weighted by molar-refractivity contribution is 5.79. The summed E-state index contributed by atoms with van der Waals surface area (Å²) >= 11 is 0. The first-order valence-electron chi connectivity index (χ1n) is 7.69. The number of hydrogen-bond donors (Lipinski definition) is 1. The van der Waals surface area contributed by atoms with Crippen LogP contribution in [0.2, 0.25) is 0 Å². The molecule has 128 valence electrons. The predicted octanol–water partition coefficient (Wildman–Crippen LogP) is 1.66. The summed E-state index contributed by atoms with van der Waals surface area (Å²) in [7, 11) is 1.45. The van der Waals surface area contributed by atoms with Crippen molar-refractivity contribution in [2.24, 2.45) is 5.92 Å². The summed E-state index contributed by atoms with van der Waals surface area (Å²) in [6.07, 6.45) is 1.23. The second-order valence-electron chi connectivity index (χ2n) is 5.77. The van der Waals surface area contributed by atoms with Crippen LogP contribution in [0, 0.1) is 17.2 Å². The molecule has 1 aromatic rings. The van der Waals surface area contributed by atoms with Crippen molar-refractivity contribution in [2.75, 3.05) is 20.3 Å². The van der Waals surface area contributed by atoms with E-state index in [1.807, 2.05) is 13.0 Å². The molecule has 7 nitrogen and oxygen atoms in total. The molecule has 0 saturated carbocycles. The van der Waals surface area contributed by atoms with Crippen molar-refractivity contribution in [3.63, 3.8) is 0 Å². The Kier molecular flexibility index (Phi) is 5.64. The van der Waals surface area contributed by atoms with E-state index in [-0.39, 0.29) is 25.1 Å². The minimum Gasteiger partial charge on any atom is -0.493 e. The fraction of sp³-hybridized carbons (Fsp3) is 0.471. The number of carboxylic acid groups (broad SMARTS) is 1. The molecule has 0 aliphatic carbocycles. The van der Waals surface area contributed by atoms with E-state index in [0.717, 1.165) is 0 Å². The van der Waals surface area contributed by atoms with Crippen molar-refractivity contribution < 1.29 is 24.2 Å². The Labute approximate surface area is 140 Å². The van der Waals surface area contributed by atoms with E-state index in [0.29, 0.717) is 29.9 Å². The van der Waals surface area contributed by atoms with E-state index >= 15 is 0 Å². The number of methoxy groups -OCH3 is 1. The highest BCUT2D eigenvalue weighted by Gasteiger charge is 2.32. The molecule has 1 aliphatic rings. The number of nitriles is 1. The van der Waals surface area contributed by atoms with Crippen molar-refractivity contribution in [3.05, 3.63) is 23.8 Å². The average Bonchev–Trinajstić information content (AvgIpc) is 2.59. The van der Waals surface area contributed by atoms with Gasteiger partial charge in [0.25, 0.3) is 5.91 Å². The van der Waals surface area contributed by atoms with Crippen molar-refractivity contribution in [1.82, 2.24) is 4.90 Å². The second-order valence-corrected chi connectivity index (χ2v) is 5.77. The Morgan fingerprint density at radius 3 is 2.75 bits per heavy atom. The summed E-state index contributed by atoms with van der Waals surface area (Å²) in [5, 5.41) is 18.0. The zero-order valence-electron chi connectivity index (χ0n) is 13.7. The lowest BCUT2D eigenvalue weighted by Gasteiger charge is -2.36. The molecular weight excluding hydrogens is 312 g/mol. The smallest absolute Gasteiger partial charge is 0.308 e. The van der Waals surface area contributed by atoms with Gasteiger partial charge >= 0.3 is 5.97 Å². The summed E-state index contributed by atoms with van der Waals surface area (Å²) in [5.74, 6) is -0.940. The fourth-order valence-electron chi connectivity index (χ4n) is 2.73. The molecule has 7 heteroatoms. The van der Waals surface area contributed by atoms with Gasteiger partial charge in [0.05, 0.1) is 24.7 Å². The molecule has 0 radical (unpaired) electrons. The molecule has 1 amide bonds. The maximum Gasteiger partial charge on any atom is 0.308 e. The number of nitrogens with zero attached hydrogens (tertiary/aromatic N) is 2. The van der Waals surface area contributed by atoms with E-state index in [1.54, 1.807) is 17.0 Å². The molecule has 1 aliphatic heterocycles. The Hall–Kier alpha value is -2.75. The van der Waals surface area contributed by atoms with E-state index in [4.69, 9.17) is 19.8 Å². The van der Waals surface area contributed by atoms with Crippen LogP contribution in [0.4, 0.5) is 0 Å². The van der Waals surface area contributed by atoms with Gasteiger partial charge in [0.2, 0.25) is 0 Å². The van der Waals surface area contributed by atoms with Crippen LogP contribution in [0.1, 0.15) is 25.3 Å². The maximum atomic E-state index is 12.4. The van der Waals surface area contributed by atoms with Gasteiger partial charge in [-0.05, 0) is 31.9 Å². The summed E-state index contributed by atoms with van der Waals surface area (Å²) in [4.78, 5) is 25.1. The van der Waals surface area contributed by atoms with Gasteiger partial charge in [-0.2, -0.15) is 5.26 Å². The number of likely N-dealkylation sites (tertiary alicyclic amines) is 1. The normalized spacial score (nSPS) is 20.1. The van der Waals surface area contributed by atoms with Crippen LogP contribution < -0.4 is 9.47 Å². The average molecular weight is 332 g/mol. The SMILES string of the molecule is COc1cc(C#N)ccc1OCC(=O)N1CC(C(=O)O)CCC1C. The van der Waals surface area contributed by atoms with E-state index in [2.05, 4.69) is 0 Å². The first-order valence-corrected chi connectivity index (χ1v) is 7.69. The largest absolute Gasteiger partial charge is 0.493 e. The summed E-state index contributed by atoms with van der Waals surface area (Å²) in [6.45, 7) is 1.89. The summed E-state index contributed by atoms with van der Waals surface area (Å²) in [6, 6.07) is 6.67. The minimum atomic E-state index is -0.880. The van der Waals surface area contributed by atoms with E-state index in [1.165, 1.54) is 13.2 Å². The second kappa shape index (κ2) is 7.68. The first kappa shape index (κ1) is 17.6. The fourth-order valence-corrected chi connectivity index (χ4v) is 2.73. The molecule has 0 spiro atoms. The van der Waals surface area contributed by atoms with Crippen LogP contribution in [0.5, 0.6) is 11.5 Å². The third kappa shape index (κ3) is 3.96. The summed E-state index contributed by atoms with van der Waals surface area (Å²) < 4.78 is 10.7. The molecule has 2 unspecified atom stereocenters. The standard InChI is InChI=1S/C17H20N2O5/c1-11-3-5-13(17(21)22)9-19(11)16(20)10-24-14-6-4-12(8-18)7-15(14)23-2/h4,6-7,11,13H,3,5,9-10H2,1-2H3,(H,21,22). The van der Waals surface area contributed by atoms with Gasteiger partial charge in [-0.25, -0.2) is 0 Å². The predicted molar refractivity (Wildman–Crippen MR) is 84.7 cm³/mol. The molecule has 1 N–H and O–H groups in total. The number of carbonyl (C=O) groups excluding carboxylic acids is 1. The van der Waals surface area contributed by atoms with Crippen LogP contribution in [0.15, 0.2) is 18.2 Å². The highest BCUT2D eigenvalue weighted by Crippen LogP contribution is 2.28. The van der Waals surface area contributed by atoms with Gasteiger partial charge in [0, 0.05) is 18.7 Å². The number of ether oxygens (including phenoxy) is 2. The Morgan fingerprint density at radius 1 is 1.38 bits per heavy atom. The number of piperidine rings is 1. The molecule has 1 saturated heterocycles. The molecular formula is C17H20N2O5. The van der Waals surface area contributed by atoms with Crippen molar-refractivity contribution in [3.8, 4) is 17.6 Å². The third-order valence-corrected chi connectivity index (χ3v) is 4.20. The Bertz CT molecular complexity index is 667. The zero-order valence-corrected chi connectivity index (χ0v) is 13.7. The van der Waals surface area contributed by atoms with Gasteiger partial charge in [0.1, 0.15) is 0 Å². The van der Waals surface area contributed by atoms with Crippen molar-refractivity contribution in [2.45, 2.75) is 25.8 Å². The van der Waals surface area contributed by atoms with Crippen molar-refractivity contribution >= 4 is 11.9 Å². The summed E-state index contributed by atoms with van der Waals surface area (Å²) in [5.41, 5.74) is 0.430. The minimum absolute atomic E-state index is 0.0143. The number of carboxylic acids is 1. The number of carbonyl (C=O) groups is 2.